The zero-order valence-electron chi connectivity index (χ0n) is 17.6. The standard InChI is InChI=1S/C21H29N3O5S/c1-21(2,3)29-19(26)24-13-16(22-28-14-15-7-5-4-6-8-15)9-10-17(24)18(25)23-11-12-27-20(23)30/h4-8,16-17,22H,9-14H2,1-3H3/t16-,17+/m1/s1. The Balaban J connectivity index is 1.64. The van der Waals surface area contributed by atoms with Gasteiger partial charge in [0.1, 0.15) is 18.2 Å². The molecule has 1 aromatic carbocycles. The highest BCUT2D eigenvalue weighted by atomic mass is 32.1. The van der Waals surface area contributed by atoms with Gasteiger partial charge in [-0.3, -0.25) is 19.4 Å². The molecule has 0 aromatic heterocycles. The van der Waals surface area contributed by atoms with Gasteiger partial charge in [0, 0.05) is 6.54 Å². The van der Waals surface area contributed by atoms with Crippen molar-refractivity contribution in [2.45, 2.75) is 57.9 Å². The van der Waals surface area contributed by atoms with Crippen molar-refractivity contribution in [2.24, 2.45) is 0 Å². The van der Waals surface area contributed by atoms with E-state index in [4.69, 9.17) is 26.5 Å². The maximum atomic E-state index is 13.1. The lowest BCUT2D eigenvalue weighted by molar-refractivity contribution is -0.134. The van der Waals surface area contributed by atoms with Gasteiger partial charge in [0.05, 0.1) is 19.2 Å². The van der Waals surface area contributed by atoms with Crippen LogP contribution in [0.4, 0.5) is 4.79 Å². The fourth-order valence-corrected chi connectivity index (χ4v) is 3.70. The van der Waals surface area contributed by atoms with E-state index >= 15 is 0 Å². The van der Waals surface area contributed by atoms with Gasteiger partial charge in [-0.2, -0.15) is 5.48 Å². The summed E-state index contributed by atoms with van der Waals surface area (Å²) in [6, 6.07) is 9.04. The lowest BCUT2D eigenvalue weighted by Crippen LogP contribution is -2.59. The number of thiocarbonyl (C=S) groups is 1. The number of hydrogen-bond donors (Lipinski definition) is 1. The van der Waals surface area contributed by atoms with Gasteiger partial charge in [-0.25, -0.2) is 4.79 Å². The predicted octanol–water partition coefficient (Wildman–Crippen LogP) is 2.62. The van der Waals surface area contributed by atoms with Crippen LogP contribution in [0.3, 0.4) is 0 Å². The maximum absolute atomic E-state index is 13.1. The van der Waals surface area contributed by atoms with E-state index in [0.29, 0.717) is 39.1 Å². The number of hydroxylamine groups is 1. The molecular weight excluding hydrogens is 406 g/mol. The Labute approximate surface area is 182 Å². The molecular formula is C21H29N3O5S. The van der Waals surface area contributed by atoms with Crippen molar-refractivity contribution >= 4 is 29.4 Å². The molecule has 2 atom stereocenters. The van der Waals surface area contributed by atoms with Crippen LogP contribution in [-0.4, -0.2) is 64.4 Å². The number of nitrogens with one attached hydrogen (secondary N) is 1. The Morgan fingerprint density at radius 3 is 2.60 bits per heavy atom. The topological polar surface area (TPSA) is 80.3 Å². The molecule has 1 aromatic rings. The molecule has 9 heteroatoms. The summed E-state index contributed by atoms with van der Waals surface area (Å²) in [5.41, 5.74) is 3.41. The van der Waals surface area contributed by atoms with Gasteiger partial charge < -0.3 is 9.47 Å². The predicted molar refractivity (Wildman–Crippen MR) is 114 cm³/mol. The first-order valence-electron chi connectivity index (χ1n) is 10.1. The summed E-state index contributed by atoms with van der Waals surface area (Å²) in [4.78, 5) is 34.5. The third-order valence-electron chi connectivity index (χ3n) is 4.85. The van der Waals surface area contributed by atoms with Crippen LogP contribution in [0, 0.1) is 0 Å². The molecule has 30 heavy (non-hydrogen) atoms. The zero-order chi connectivity index (χ0) is 21.7. The van der Waals surface area contributed by atoms with Crippen LogP contribution in [0.2, 0.25) is 0 Å². The van der Waals surface area contributed by atoms with Crippen LogP contribution >= 0.6 is 12.2 Å². The van der Waals surface area contributed by atoms with Crippen LogP contribution in [0.1, 0.15) is 39.2 Å². The quantitative estimate of drug-likeness (QED) is 0.562. The fourth-order valence-electron chi connectivity index (χ4n) is 3.44. The second kappa shape index (κ2) is 9.72. The van der Waals surface area contributed by atoms with Crippen molar-refractivity contribution in [2.75, 3.05) is 19.7 Å². The van der Waals surface area contributed by atoms with Gasteiger partial charge in [-0.1, -0.05) is 30.3 Å². The van der Waals surface area contributed by atoms with E-state index in [1.54, 1.807) is 20.8 Å². The Morgan fingerprint density at radius 1 is 1.23 bits per heavy atom. The van der Waals surface area contributed by atoms with E-state index in [0.717, 1.165) is 5.56 Å². The second-order valence-electron chi connectivity index (χ2n) is 8.42. The first kappa shape index (κ1) is 22.5. The molecule has 2 amide bonds. The van der Waals surface area contributed by atoms with Gasteiger partial charge in [-0.15, -0.1) is 0 Å². The van der Waals surface area contributed by atoms with E-state index in [2.05, 4.69) is 5.48 Å². The fraction of sp³-hybridized carbons (Fsp3) is 0.571. The van der Waals surface area contributed by atoms with Gasteiger partial charge >= 0.3 is 6.09 Å². The molecule has 0 unspecified atom stereocenters. The summed E-state index contributed by atoms with van der Waals surface area (Å²) in [6.45, 7) is 6.88. The average molecular weight is 436 g/mol. The number of carbonyl (C=O) groups is 2. The third kappa shape index (κ3) is 5.90. The Hall–Kier alpha value is -2.23. The van der Waals surface area contributed by atoms with E-state index < -0.39 is 17.7 Å². The smallest absolute Gasteiger partial charge is 0.411 e. The molecule has 0 bridgehead atoms. The molecule has 0 spiro atoms. The first-order valence-corrected chi connectivity index (χ1v) is 10.5. The van der Waals surface area contributed by atoms with Crippen LogP contribution in [0.5, 0.6) is 0 Å². The number of rotatable bonds is 5. The second-order valence-corrected chi connectivity index (χ2v) is 8.77. The minimum atomic E-state index is -0.666. The minimum Gasteiger partial charge on any atom is -0.469 e. The van der Waals surface area contributed by atoms with Gasteiger partial charge in [-0.05, 0) is 51.4 Å². The van der Waals surface area contributed by atoms with E-state index in [9.17, 15) is 9.59 Å². The highest BCUT2D eigenvalue weighted by Gasteiger charge is 2.42. The number of ether oxygens (including phenoxy) is 2. The normalized spacial score (nSPS) is 22.0. The summed E-state index contributed by atoms with van der Waals surface area (Å²) in [5, 5.41) is 0.163. The van der Waals surface area contributed by atoms with Crippen molar-refractivity contribution in [3.63, 3.8) is 0 Å². The highest BCUT2D eigenvalue weighted by molar-refractivity contribution is 7.80. The van der Waals surface area contributed by atoms with Crippen LogP contribution in [0.15, 0.2) is 30.3 Å². The molecule has 2 aliphatic rings. The summed E-state index contributed by atoms with van der Waals surface area (Å²) in [6.07, 6.45) is 0.622. The number of benzene rings is 1. The summed E-state index contributed by atoms with van der Waals surface area (Å²) in [7, 11) is 0. The lowest BCUT2D eigenvalue weighted by Gasteiger charge is -2.40. The molecule has 0 saturated carbocycles. The molecule has 2 saturated heterocycles. The molecule has 164 valence electrons. The highest BCUT2D eigenvalue weighted by Crippen LogP contribution is 2.24. The summed E-state index contributed by atoms with van der Waals surface area (Å²) in [5.74, 6) is -0.230. The number of amides is 2. The SMILES string of the molecule is CC(C)(C)OC(=O)N1C[C@H](NOCc2ccccc2)CC[C@H]1C(=O)N1CCOC1=S. The van der Waals surface area contributed by atoms with Gasteiger partial charge in [0.2, 0.25) is 0 Å². The Bertz CT molecular complexity index is 768. The van der Waals surface area contributed by atoms with Crippen LogP contribution in [-0.2, 0) is 25.7 Å². The first-order chi connectivity index (χ1) is 14.2. The maximum Gasteiger partial charge on any atom is 0.411 e. The van der Waals surface area contributed by atoms with Crippen molar-refractivity contribution in [1.82, 2.24) is 15.3 Å². The zero-order valence-corrected chi connectivity index (χ0v) is 18.4. The van der Waals surface area contributed by atoms with Gasteiger partial charge in [0.15, 0.2) is 0 Å². The van der Waals surface area contributed by atoms with E-state index in [1.807, 2.05) is 30.3 Å². The third-order valence-corrected chi connectivity index (χ3v) is 5.19. The van der Waals surface area contributed by atoms with E-state index in [1.165, 1.54) is 9.80 Å². The number of hydrogen-bond acceptors (Lipinski definition) is 7. The molecule has 2 heterocycles. The lowest BCUT2D eigenvalue weighted by atomic mass is 9.98. The monoisotopic (exact) mass is 435 g/mol. The Morgan fingerprint density at radius 2 is 1.97 bits per heavy atom. The summed E-state index contributed by atoms with van der Waals surface area (Å²) < 4.78 is 10.8. The average Bonchev–Trinajstić information content (AvgIpc) is 3.13. The van der Waals surface area contributed by atoms with E-state index in [-0.39, 0.29) is 17.1 Å². The molecule has 0 radical (unpaired) electrons. The molecule has 2 fully saturated rings. The molecule has 0 aliphatic carbocycles. The van der Waals surface area contributed by atoms with Crippen LogP contribution in [0.25, 0.3) is 0 Å². The molecule has 2 aliphatic heterocycles. The molecule has 1 N–H and O–H groups in total. The van der Waals surface area contributed by atoms with Crippen molar-refractivity contribution in [1.29, 1.82) is 0 Å². The van der Waals surface area contributed by atoms with Gasteiger partial charge in [0.25, 0.3) is 11.1 Å². The Kier molecular flexibility index (Phi) is 7.27. The largest absolute Gasteiger partial charge is 0.469 e. The van der Waals surface area contributed by atoms with Crippen molar-refractivity contribution in [3.05, 3.63) is 35.9 Å². The van der Waals surface area contributed by atoms with Crippen molar-refractivity contribution < 1.29 is 23.9 Å². The number of carbonyl (C=O) groups excluding carboxylic acids is 2. The summed E-state index contributed by atoms with van der Waals surface area (Å²) >= 11 is 5.12. The van der Waals surface area contributed by atoms with Crippen molar-refractivity contribution in [3.8, 4) is 0 Å². The molecule has 3 rings (SSSR count). The number of piperidine rings is 1. The number of nitrogens with zero attached hydrogens (tertiary/aromatic N) is 2. The van der Waals surface area contributed by atoms with Crippen LogP contribution < -0.4 is 5.48 Å². The minimum absolute atomic E-state index is 0.118. The number of likely N-dealkylation sites (tertiary alicyclic amines) is 1. The molecule has 8 nitrogen and oxygen atoms in total.